The SMILES string of the molecule is CC(C)[C@@H](C)NC(=O)COc1ccc2ccccc2c1. The molecule has 0 aliphatic heterocycles. The van der Waals surface area contributed by atoms with Crippen LogP contribution in [0.4, 0.5) is 0 Å². The van der Waals surface area contributed by atoms with Gasteiger partial charge in [-0.05, 0) is 35.7 Å². The van der Waals surface area contributed by atoms with Crippen molar-refractivity contribution in [2.24, 2.45) is 5.92 Å². The van der Waals surface area contributed by atoms with E-state index in [0.29, 0.717) is 5.92 Å². The summed E-state index contributed by atoms with van der Waals surface area (Å²) in [6.07, 6.45) is 0. The maximum atomic E-state index is 11.8. The Morgan fingerprint density at radius 1 is 1.10 bits per heavy atom. The van der Waals surface area contributed by atoms with E-state index in [-0.39, 0.29) is 18.6 Å². The maximum absolute atomic E-state index is 11.8. The van der Waals surface area contributed by atoms with Gasteiger partial charge in [-0.25, -0.2) is 0 Å². The molecular formula is C17H21NO2. The first-order valence-corrected chi connectivity index (χ1v) is 6.97. The quantitative estimate of drug-likeness (QED) is 0.905. The minimum absolute atomic E-state index is 0.0510. The van der Waals surface area contributed by atoms with Crippen LogP contribution in [0, 0.1) is 5.92 Å². The topological polar surface area (TPSA) is 38.3 Å². The van der Waals surface area contributed by atoms with Crippen molar-refractivity contribution in [1.82, 2.24) is 5.32 Å². The summed E-state index contributed by atoms with van der Waals surface area (Å²) in [4.78, 5) is 11.8. The number of ether oxygens (including phenoxy) is 1. The third-order valence-corrected chi connectivity index (χ3v) is 3.48. The van der Waals surface area contributed by atoms with Crippen molar-refractivity contribution < 1.29 is 9.53 Å². The van der Waals surface area contributed by atoms with Crippen LogP contribution in [0.5, 0.6) is 5.75 Å². The summed E-state index contributed by atoms with van der Waals surface area (Å²) in [5, 5.41) is 5.20. The van der Waals surface area contributed by atoms with Crippen LogP contribution in [-0.2, 0) is 4.79 Å². The molecule has 0 saturated heterocycles. The minimum Gasteiger partial charge on any atom is -0.484 e. The smallest absolute Gasteiger partial charge is 0.258 e. The molecule has 0 bridgehead atoms. The Balaban J connectivity index is 1.94. The van der Waals surface area contributed by atoms with E-state index in [0.717, 1.165) is 16.5 Å². The second kappa shape index (κ2) is 6.42. The average molecular weight is 271 g/mol. The van der Waals surface area contributed by atoms with Crippen molar-refractivity contribution >= 4 is 16.7 Å². The molecule has 0 aliphatic rings. The van der Waals surface area contributed by atoms with E-state index in [9.17, 15) is 4.79 Å². The first kappa shape index (κ1) is 14.4. The third kappa shape index (κ3) is 3.73. The summed E-state index contributed by atoms with van der Waals surface area (Å²) < 4.78 is 5.54. The first-order valence-electron chi connectivity index (χ1n) is 6.97. The Bertz CT molecular complexity index is 592. The van der Waals surface area contributed by atoms with Gasteiger partial charge in [-0.1, -0.05) is 44.2 Å². The molecule has 0 aromatic heterocycles. The van der Waals surface area contributed by atoms with Crippen molar-refractivity contribution in [3.8, 4) is 5.75 Å². The fraction of sp³-hybridized carbons (Fsp3) is 0.353. The van der Waals surface area contributed by atoms with Crippen LogP contribution in [0.1, 0.15) is 20.8 Å². The second-order valence-corrected chi connectivity index (χ2v) is 5.40. The van der Waals surface area contributed by atoms with Crippen LogP contribution in [0.15, 0.2) is 42.5 Å². The third-order valence-electron chi connectivity index (χ3n) is 3.48. The predicted octanol–water partition coefficient (Wildman–Crippen LogP) is 3.38. The van der Waals surface area contributed by atoms with E-state index in [2.05, 4.69) is 25.2 Å². The van der Waals surface area contributed by atoms with Crippen molar-refractivity contribution in [3.63, 3.8) is 0 Å². The number of benzene rings is 2. The zero-order valence-electron chi connectivity index (χ0n) is 12.2. The van der Waals surface area contributed by atoms with E-state index in [1.807, 2.05) is 43.3 Å². The molecule has 0 aliphatic carbocycles. The summed E-state index contributed by atoms with van der Waals surface area (Å²) in [6, 6.07) is 14.1. The van der Waals surface area contributed by atoms with Crippen LogP contribution in [0.2, 0.25) is 0 Å². The van der Waals surface area contributed by atoms with Crippen LogP contribution in [0.3, 0.4) is 0 Å². The number of hydrogen-bond donors (Lipinski definition) is 1. The maximum Gasteiger partial charge on any atom is 0.258 e. The van der Waals surface area contributed by atoms with E-state index >= 15 is 0 Å². The summed E-state index contributed by atoms with van der Waals surface area (Å²) in [6.45, 7) is 6.21. The molecule has 0 radical (unpaired) electrons. The highest BCUT2D eigenvalue weighted by atomic mass is 16.5. The van der Waals surface area contributed by atoms with Gasteiger partial charge in [-0.15, -0.1) is 0 Å². The Morgan fingerprint density at radius 3 is 2.50 bits per heavy atom. The molecule has 2 aromatic carbocycles. The molecule has 1 amide bonds. The van der Waals surface area contributed by atoms with Gasteiger partial charge in [-0.3, -0.25) is 4.79 Å². The monoisotopic (exact) mass is 271 g/mol. The fourth-order valence-electron chi connectivity index (χ4n) is 1.87. The van der Waals surface area contributed by atoms with Gasteiger partial charge < -0.3 is 10.1 Å². The highest BCUT2D eigenvalue weighted by molar-refractivity contribution is 5.84. The molecule has 3 nitrogen and oxygen atoms in total. The molecule has 2 aromatic rings. The first-order chi connectivity index (χ1) is 9.56. The van der Waals surface area contributed by atoms with E-state index in [4.69, 9.17) is 4.74 Å². The second-order valence-electron chi connectivity index (χ2n) is 5.40. The Labute approximate surface area is 119 Å². The van der Waals surface area contributed by atoms with Crippen LogP contribution >= 0.6 is 0 Å². The van der Waals surface area contributed by atoms with Gasteiger partial charge in [0.25, 0.3) is 5.91 Å². The summed E-state index contributed by atoms with van der Waals surface area (Å²) in [5.74, 6) is 1.05. The Morgan fingerprint density at radius 2 is 1.80 bits per heavy atom. The number of nitrogens with one attached hydrogen (secondary N) is 1. The highest BCUT2D eigenvalue weighted by Gasteiger charge is 2.11. The lowest BCUT2D eigenvalue weighted by Crippen LogP contribution is -2.38. The molecule has 2 rings (SSSR count). The lowest BCUT2D eigenvalue weighted by Gasteiger charge is -2.17. The number of fused-ring (bicyclic) bond motifs is 1. The molecule has 0 saturated carbocycles. The molecule has 1 N–H and O–H groups in total. The van der Waals surface area contributed by atoms with E-state index < -0.39 is 0 Å². The number of rotatable bonds is 5. The summed E-state index contributed by atoms with van der Waals surface area (Å²) in [5.41, 5.74) is 0. The number of carbonyl (C=O) groups is 1. The van der Waals surface area contributed by atoms with Crippen molar-refractivity contribution in [3.05, 3.63) is 42.5 Å². The molecule has 3 heteroatoms. The van der Waals surface area contributed by atoms with Gasteiger partial charge in [0, 0.05) is 6.04 Å². The molecule has 1 atom stereocenters. The van der Waals surface area contributed by atoms with Gasteiger partial charge in [-0.2, -0.15) is 0 Å². The van der Waals surface area contributed by atoms with Crippen molar-refractivity contribution in [2.75, 3.05) is 6.61 Å². The molecule has 20 heavy (non-hydrogen) atoms. The van der Waals surface area contributed by atoms with Gasteiger partial charge in [0.15, 0.2) is 6.61 Å². The molecule has 0 fully saturated rings. The van der Waals surface area contributed by atoms with Gasteiger partial charge in [0.1, 0.15) is 5.75 Å². The van der Waals surface area contributed by atoms with Crippen LogP contribution in [0.25, 0.3) is 10.8 Å². The number of amides is 1. The minimum atomic E-state index is -0.0839. The molecule has 0 spiro atoms. The fourth-order valence-corrected chi connectivity index (χ4v) is 1.87. The average Bonchev–Trinajstić information content (AvgIpc) is 2.44. The summed E-state index contributed by atoms with van der Waals surface area (Å²) >= 11 is 0. The predicted molar refractivity (Wildman–Crippen MR) is 81.9 cm³/mol. The van der Waals surface area contributed by atoms with Crippen molar-refractivity contribution in [2.45, 2.75) is 26.8 Å². The summed E-state index contributed by atoms with van der Waals surface area (Å²) in [7, 11) is 0. The van der Waals surface area contributed by atoms with Crippen LogP contribution in [-0.4, -0.2) is 18.6 Å². The normalized spacial score (nSPS) is 12.4. The number of hydrogen-bond acceptors (Lipinski definition) is 2. The molecule has 0 heterocycles. The molecule has 0 unspecified atom stereocenters. The van der Waals surface area contributed by atoms with E-state index in [1.54, 1.807) is 0 Å². The standard InChI is InChI=1S/C17H21NO2/c1-12(2)13(3)18-17(19)11-20-16-9-8-14-6-4-5-7-15(14)10-16/h4-10,12-13H,11H2,1-3H3,(H,18,19)/t13-/m1/s1. The molecule has 106 valence electrons. The van der Waals surface area contributed by atoms with Gasteiger partial charge in [0.05, 0.1) is 0 Å². The largest absolute Gasteiger partial charge is 0.484 e. The lowest BCUT2D eigenvalue weighted by atomic mass is 10.1. The zero-order valence-corrected chi connectivity index (χ0v) is 12.2. The zero-order chi connectivity index (χ0) is 14.5. The number of carbonyl (C=O) groups excluding carboxylic acids is 1. The Kier molecular flexibility index (Phi) is 4.61. The molecular weight excluding hydrogens is 250 g/mol. The van der Waals surface area contributed by atoms with Crippen molar-refractivity contribution in [1.29, 1.82) is 0 Å². The van der Waals surface area contributed by atoms with Gasteiger partial charge >= 0.3 is 0 Å². The lowest BCUT2D eigenvalue weighted by molar-refractivity contribution is -0.124. The van der Waals surface area contributed by atoms with Crippen LogP contribution < -0.4 is 10.1 Å². The van der Waals surface area contributed by atoms with E-state index in [1.165, 1.54) is 0 Å². The van der Waals surface area contributed by atoms with Gasteiger partial charge in [0.2, 0.25) is 0 Å². The Hall–Kier alpha value is -2.03. The highest BCUT2D eigenvalue weighted by Crippen LogP contribution is 2.20.